The monoisotopic (exact) mass is 394 g/mol. The molecule has 5 rings (SSSR count). The van der Waals surface area contributed by atoms with Crippen LogP contribution in [0.15, 0.2) is 59.3 Å². The summed E-state index contributed by atoms with van der Waals surface area (Å²) in [6.07, 6.45) is 3.97. The molecular weight excluding hydrogens is 378 g/mol. The first-order valence-corrected chi connectivity index (χ1v) is 9.23. The number of pyridine rings is 1. The lowest BCUT2D eigenvalue weighted by molar-refractivity contribution is 0.0787. The Morgan fingerprint density at radius 1 is 1.14 bits per heavy atom. The highest BCUT2D eigenvalue weighted by molar-refractivity contribution is 5.94. The van der Waals surface area contributed by atoms with Gasteiger partial charge in [-0.2, -0.15) is 0 Å². The number of likely N-dealkylation sites (tertiary alicyclic amines) is 1. The minimum absolute atomic E-state index is 0.0655. The molecule has 1 aromatic carbocycles. The van der Waals surface area contributed by atoms with E-state index in [1.54, 1.807) is 23.4 Å². The van der Waals surface area contributed by atoms with E-state index in [1.807, 2.05) is 22.8 Å². The number of amides is 1. The molecule has 0 spiro atoms. The van der Waals surface area contributed by atoms with Gasteiger partial charge in [0.2, 0.25) is 0 Å². The van der Waals surface area contributed by atoms with Crippen molar-refractivity contribution >= 4 is 17.1 Å². The summed E-state index contributed by atoms with van der Waals surface area (Å²) in [4.78, 5) is 23.5. The standard InChI is InChI=1S/C21H16F2N4O2/c22-15-6-5-13(11-16(15)23)21(28)26-9-7-14(12-26)27-19-17(3-1-8-24-19)25-20(27)18-4-2-10-29-18/h1-6,8,10-11,14H,7,9,12H2/t14-/m1/s1. The molecule has 1 atom stereocenters. The molecule has 6 nitrogen and oxygen atoms in total. The average molecular weight is 394 g/mol. The zero-order valence-electron chi connectivity index (χ0n) is 15.3. The van der Waals surface area contributed by atoms with Crippen molar-refractivity contribution in [2.75, 3.05) is 13.1 Å². The van der Waals surface area contributed by atoms with Crippen LogP contribution in [0.25, 0.3) is 22.7 Å². The number of aromatic nitrogens is 3. The molecule has 0 saturated carbocycles. The van der Waals surface area contributed by atoms with Gasteiger partial charge >= 0.3 is 0 Å². The molecule has 1 aliphatic rings. The number of carbonyl (C=O) groups is 1. The van der Waals surface area contributed by atoms with Crippen LogP contribution < -0.4 is 0 Å². The van der Waals surface area contributed by atoms with Crippen LogP contribution in [0.5, 0.6) is 0 Å². The van der Waals surface area contributed by atoms with Crippen LogP contribution in [-0.4, -0.2) is 38.4 Å². The quantitative estimate of drug-likeness (QED) is 0.526. The average Bonchev–Trinajstić information content (AvgIpc) is 3.47. The molecule has 1 amide bonds. The highest BCUT2D eigenvalue weighted by Gasteiger charge is 2.32. The van der Waals surface area contributed by atoms with Gasteiger partial charge in [-0.05, 0) is 48.9 Å². The topological polar surface area (TPSA) is 64.2 Å². The van der Waals surface area contributed by atoms with Crippen molar-refractivity contribution in [2.24, 2.45) is 0 Å². The van der Waals surface area contributed by atoms with Crippen molar-refractivity contribution < 1.29 is 18.0 Å². The van der Waals surface area contributed by atoms with Gasteiger partial charge in [0.25, 0.3) is 5.91 Å². The fourth-order valence-corrected chi connectivity index (χ4v) is 3.80. The maximum absolute atomic E-state index is 13.5. The van der Waals surface area contributed by atoms with Crippen molar-refractivity contribution in [2.45, 2.75) is 12.5 Å². The molecule has 0 bridgehead atoms. The third kappa shape index (κ3) is 2.97. The number of imidazole rings is 1. The second-order valence-corrected chi connectivity index (χ2v) is 6.95. The largest absolute Gasteiger partial charge is 0.461 e. The minimum atomic E-state index is -1.03. The molecular formula is C21H16F2N4O2. The number of benzene rings is 1. The highest BCUT2D eigenvalue weighted by Crippen LogP contribution is 2.32. The SMILES string of the molecule is O=C(c1ccc(F)c(F)c1)N1CC[C@@H](n2c(-c3ccco3)nc3cccnc32)C1. The number of fused-ring (bicyclic) bond motifs is 1. The molecule has 1 saturated heterocycles. The van der Waals surface area contributed by atoms with Gasteiger partial charge in [0, 0.05) is 24.8 Å². The Bertz CT molecular complexity index is 1200. The van der Waals surface area contributed by atoms with Crippen LogP contribution in [-0.2, 0) is 0 Å². The number of rotatable bonds is 3. The predicted octanol–water partition coefficient (Wildman–Crippen LogP) is 4.06. The van der Waals surface area contributed by atoms with Gasteiger partial charge in [-0.3, -0.25) is 4.79 Å². The molecule has 0 radical (unpaired) electrons. The Morgan fingerprint density at radius 3 is 2.83 bits per heavy atom. The number of hydrogen-bond acceptors (Lipinski definition) is 4. The normalized spacial score (nSPS) is 16.6. The molecule has 29 heavy (non-hydrogen) atoms. The van der Waals surface area contributed by atoms with E-state index in [-0.39, 0.29) is 17.5 Å². The second-order valence-electron chi connectivity index (χ2n) is 6.95. The second kappa shape index (κ2) is 6.80. The summed E-state index contributed by atoms with van der Waals surface area (Å²) >= 11 is 0. The number of nitrogens with zero attached hydrogens (tertiary/aromatic N) is 4. The summed E-state index contributed by atoms with van der Waals surface area (Å²) in [5.74, 6) is -1.07. The summed E-state index contributed by atoms with van der Waals surface area (Å²) in [5.41, 5.74) is 1.58. The summed E-state index contributed by atoms with van der Waals surface area (Å²) in [7, 11) is 0. The molecule has 1 fully saturated rings. The van der Waals surface area contributed by atoms with Crippen molar-refractivity contribution in [3.8, 4) is 11.6 Å². The van der Waals surface area contributed by atoms with E-state index in [1.165, 1.54) is 6.07 Å². The molecule has 4 heterocycles. The van der Waals surface area contributed by atoms with Gasteiger partial charge in [-0.1, -0.05) is 0 Å². The molecule has 146 valence electrons. The number of carbonyl (C=O) groups excluding carboxylic acids is 1. The number of halogens is 2. The van der Waals surface area contributed by atoms with Crippen molar-refractivity contribution in [1.29, 1.82) is 0 Å². The van der Waals surface area contributed by atoms with E-state index in [0.29, 0.717) is 36.7 Å². The maximum Gasteiger partial charge on any atom is 0.254 e. The van der Waals surface area contributed by atoms with Crippen LogP contribution in [0.2, 0.25) is 0 Å². The van der Waals surface area contributed by atoms with Crippen LogP contribution in [0.1, 0.15) is 22.8 Å². The Kier molecular flexibility index (Phi) is 4.12. The van der Waals surface area contributed by atoms with E-state index in [9.17, 15) is 13.6 Å². The van der Waals surface area contributed by atoms with Crippen LogP contribution in [0.3, 0.4) is 0 Å². The van der Waals surface area contributed by atoms with E-state index in [0.717, 1.165) is 17.6 Å². The van der Waals surface area contributed by atoms with Gasteiger partial charge in [-0.25, -0.2) is 18.7 Å². The maximum atomic E-state index is 13.5. The third-order valence-electron chi connectivity index (χ3n) is 5.17. The predicted molar refractivity (Wildman–Crippen MR) is 101 cm³/mol. The van der Waals surface area contributed by atoms with Gasteiger partial charge in [0.15, 0.2) is 28.9 Å². The zero-order chi connectivity index (χ0) is 20.0. The van der Waals surface area contributed by atoms with E-state index >= 15 is 0 Å². The van der Waals surface area contributed by atoms with Gasteiger partial charge in [0.05, 0.1) is 12.3 Å². The summed E-state index contributed by atoms with van der Waals surface area (Å²) < 4.78 is 34.3. The van der Waals surface area contributed by atoms with Crippen LogP contribution in [0, 0.1) is 11.6 Å². The fourth-order valence-electron chi connectivity index (χ4n) is 3.80. The highest BCUT2D eigenvalue weighted by atomic mass is 19.2. The smallest absolute Gasteiger partial charge is 0.254 e. The third-order valence-corrected chi connectivity index (χ3v) is 5.17. The lowest BCUT2D eigenvalue weighted by Crippen LogP contribution is -2.29. The Balaban J connectivity index is 1.48. The molecule has 1 aliphatic heterocycles. The molecule has 0 unspecified atom stereocenters. The van der Waals surface area contributed by atoms with E-state index < -0.39 is 11.6 Å². The first-order valence-electron chi connectivity index (χ1n) is 9.23. The lowest BCUT2D eigenvalue weighted by Gasteiger charge is -2.18. The Hall–Kier alpha value is -3.55. The van der Waals surface area contributed by atoms with Crippen molar-refractivity contribution in [3.05, 3.63) is 72.1 Å². The summed E-state index contributed by atoms with van der Waals surface area (Å²) in [5, 5.41) is 0. The van der Waals surface area contributed by atoms with Gasteiger partial charge in [-0.15, -0.1) is 0 Å². The summed E-state index contributed by atoms with van der Waals surface area (Å²) in [6, 6.07) is 10.5. The lowest BCUT2D eigenvalue weighted by atomic mass is 10.2. The first kappa shape index (κ1) is 17.5. The number of furan rings is 1. The molecule has 0 N–H and O–H groups in total. The molecule has 3 aromatic heterocycles. The Morgan fingerprint density at radius 2 is 2.03 bits per heavy atom. The van der Waals surface area contributed by atoms with E-state index in [2.05, 4.69) is 9.97 Å². The first-order chi connectivity index (χ1) is 14.1. The fraction of sp³-hybridized carbons (Fsp3) is 0.190. The van der Waals surface area contributed by atoms with Crippen LogP contribution >= 0.6 is 0 Å². The van der Waals surface area contributed by atoms with Crippen LogP contribution in [0.4, 0.5) is 8.78 Å². The van der Waals surface area contributed by atoms with Gasteiger partial charge in [0.1, 0.15) is 5.52 Å². The summed E-state index contributed by atoms with van der Waals surface area (Å²) in [6.45, 7) is 0.903. The molecule has 0 aliphatic carbocycles. The molecule has 4 aromatic rings. The molecule has 8 heteroatoms. The van der Waals surface area contributed by atoms with Crippen molar-refractivity contribution in [3.63, 3.8) is 0 Å². The van der Waals surface area contributed by atoms with Crippen molar-refractivity contribution in [1.82, 2.24) is 19.4 Å². The Labute approximate surface area is 164 Å². The van der Waals surface area contributed by atoms with E-state index in [4.69, 9.17) is 4.42 Å². The minimum Gasteiger partial charge on any atom is -0.461 e. The zero-order valence-corrected chi connectivity index (χ0v) is 15.3. The number of hydrogen-bond donors (Lipinski definition) is 0. The van der Waals surface area contributed by atoms with Gasteiger partial charge < -0.3 is 13.9 Å².